The Morgan fingerprint density at radius 1 is 1.36 bits per heavy atom. The molecule has 0 radical (unpaired) electrons. The molecule has 118 valence electrons. The smallest absolute Gasteiger partial charge is 0.139 e. The van der Waals surface area contributed by atoms with E-state index in [-0.39, 0.29) is 0 Å². The molecular formula is C19H27N3. The molecule has 2 N–H and O–H groups in total. The molecule has 0 heterocycles. The molecule has 0 saturated carbocycles. The highest BCUT2D eigenvalue weighted by Gasteiger charge is 2.11. The normalized spacial score (nSPS) is 13.2. The fraction of sp³-hybridized carbons (Fsp3) is 0.316. The van der Waals surface area contributed by atoms with Crippen molar-refractivity contribution in [2.24, 2.45) is 10.7 Å². The SMILES string of the molecule is C=CN(C(/C=C\C)=N/C(N)=C(\C)CC)c1ccc(C)cc1C. The second-order valence-corrected chi connectivity index (χ2v) is 5.33. The highest BCUT2D eigenvalue weighted by Crippen LogP contribution is 2.23. The molecule has 0 atom stereocenters. The number of hydrogen-bond donors (Lipinski definition) is 1. The van der Waals surface area contributed by atoms with Crippen molar-refractivity contribution in [1.82, 2.24) is 0 Å². The van der Waals surface area contributed by atoms with Gasteiger partial charge in [0.05, 0.1) is 0 Å². The molecular weight excluding hydrogens is 270 g/mol. The van der Waals surface area contributed by atoms with Crippen LogP contribution in [0.15, 0.2) is 59.5 Å². The monoisotopic (exact) mass is 297 g/mol. The van der Waals surface area contributed by atoms with Crippen molar-refractivity contribution in [3.63, 3.8) is 0 Å². The standard InChI is InChI=1S/C19H27N3/c1-7-10-18(21-19(20)15(5)8-2)22(9-3)17-12-11-14(4)13-16(17)6/h7,9-13H,3,8,20H2,1-2,4-6H3/b10-7-,19-15+,21-18+. The second kappa shape index (κ2) is 8.23. The van der Waals surface area contributed by atoms with E-state index in [2.05, 4.69) is 50.5 Å². The number of aryl methyl sites for hydroxylation is 2. The fourth-order valence-corrected chi connectivity index (χ4v) is 2.11. The number of aliphatic imine (C=N–C) groups is 1. The summed E-state index contributed by atoms with van der Waals surface area (Å²) in [4.78, 5) is 6.55. The number of rotatable bonds is 5. The van der Waals surface area contributed by atoms with Crippen LogP contribution in [0.2, 0.25) is 0 Å². The van der Waals surface area contributed by atoms with Gasteiger partial charge >= 0.3 is 0 Å². The molecule has 0 amide bonds. The van der Waals surface area contributed by atoms with E-state index in [9.17, 15) is 0 Å². The van der Waals surface area contributed by atoms with E-state index in [4.69, 9.17) is 5.73 Å². The first kappa shape index (κ1) is 17.8. The van der Waals surface area contributed by atoms with Gasteiger partial charge < -0.3 is 10.6 Å². The Hall–Kier alpha value is -2.29. The summed E-state index contributed by atoms with van der Waals surface area (Å²) in [5.41, 5.74) is 10.6. The minimum atomic E-state index is 0.562. The van der Waals surface area contributed by atoms with Gasteiger partial charge in [-0.1, -0.05) is 37.3 Å². The molecule has 0 aliphatic heterocycles. The molecule has 0 unspecified atom stereocenters. The highest BCUT2D eigenvalue weighted by molar-refractivity contribution is 6.07. The first-order chi connectivity index (χ1) is 10.4. The number of allylic oxidation sites excluding steroid dienone is 2. The van der Waals surface area contributed by atoms with Crippen molar-refractivity contribution in [2.75, 3.05) is 4.90 Å². The third-order valence-electron chi connectivity index (χ3n) is 3.56. The average Bonchev–Trinajstić information content (AvgIpc) is 2.49. The van der Waals surface area contributed by atoms with Crippen LogP contribution in [0.3, 0.4) is 0 Å². The van der Waals surface area contributed by atoms with E-state index in [0.717, 1.165) is 23.5 Å². The molecule has 1 aromatic carbocycles. The number of hydrogen-bond acceptors (Lipinski definition) is 2. The van der Waals surface area contributed by atoms with Crippen LogP contribution in [0, 0.1) is 13.8 Å². The Kier molecular flexibility index (Phi) is 6.64. The Morgan fingerprint density at radius 2 is 2.05 bits per heavy atom. The van der Waals surface area contributed by atoms with Gasteiger partial charge in [-0.2, -0.15) is 0 Å². The van der Waals surface area contributed by atoms with Crippen molar-refractivity contribution in [3.05, 3.63) is 65.7 Å². The first-order valence-corrected chi connectivity index (χ1v) is 7.60. The van der Waals surface area contributed by atoms with E-state index in [0.29, 0.717) is 5.82 Å². The lowest BCUT2D eigenvalue weighted by Crippen LogP contribution is -2.25. The van der Waals surface area contributed by atoms with Gasteiger partial charge in [-0.3, -0.25) is 0 Å². The quantitative estimate of drug-likeness (QED) is 0.625. The van der Waals surface area contributed by atoms with Gasteiger partial charge in [0, 0.05) is 11.9 Å². The predicted molar refractivity (Wildman–Crippen MR) is 98.0 cm³/mol. The van der Waals surface area contributed by atoms with Crippen LogP contribution in [0.1, 0.15) is 38.3 Å². The molecule has 0 bridgehead atoms. The molecule has 0 spiro atoms. The Bertz CT molecular complexity index is 622. The van der Waals surface area contributed by atoms with Crippen molar-refractivity contribution >= 4 is 11.5 Å². The summed E-state index contributed by atoms with van der Waals surface area (Å²) in [6.07, 6.45) is 6.55. The highest BCUT2D eigenvalue weighted by atomic mass is 15.2. The third-order valence-corrected chi connectivity index (χ3v) is 3.56. The predicted octanol–water partition coefficient (Wildman–Crippen LogP) is 4.83. The summed E-state index contributed by atoms with van der Waals surface area (Å²) >= 11 is 0. The van der Waals surface area contributed by atoms with Crippen LogP contribution in [0.25, 0.3) is 0 Å². The second-order valence-electron chi connectivity index (χ2n) is 5.33. The van der Waals surface area contributed by atoms with Gasteiger partial charge in [-0.25, -0.2) is 4.99 Å². The summed E-state index contributed by atoms with van der Waals surface area (Å²) in [5, 5.41) is 0. The van der Waals surface area contributed by atoms with Crippen LogP contribution in [-0.2, 0) is 0 Å². The maximum absolute atomic E-state index is 6.09. The molecule has 22 heavy (non-hydrogen) atoms. The summed E-state index contributed by atoms with van der Waals surface area (Å²) < 4.78 is 0. The van der Waals surface area contributed by atoms with Crippen molar-refractivity contribution in [1.29, 1.82) is 0 Å². The van der Waals surface area contributed by atoms with Crippen LogP contribution in [0.5, 0.6) is 0 Å². The molecule has 0 aliphatic rings. The van der Waals surface area contributed by atoms with E-state index >= 15 is 0 Å². The van der Waals surface area contributed by atoms with Crippen LogP contribution >= 0.6 is 0 Å². The zero-order valence-corrected chi connectivity index (χ0v) is 14.4. The molecule has 0 aliphatic carbocycles. The number of benzene rings is 1. The lowest BCUT2D eigenvalue weighted by atomic mass is 10.1. The maximum Gasteiger partial charge on any atom is 0.139 e. The molecule has 1 rings (SSSR count). The summed E-state index contributed by atoms with van der Waals surface area (Å²) in [5.74, 6) is 1.32. The molecule has 0 fully saturated rings. The lowest BCUT2D eigenvalue weighted by molar-refractivity contribution is 1.02. The van der Waals surface area contributed by atoms with Crippen LogP contribution < -0.4 is 10.6 Å². The molecule has 0 aromatic heterocycles. The van der Waals surface area contributed by atoms with Crippen LogP contribution in [0.4, 0.5) is 5.69 Å². The minimum absolute atomic E-state index is 0.562. The summed E-state index contributed by atoms with van der Waals surface area (Å²) in [7, 11) is 0. The average molecular weight is 297 g/mol. The summed E-state index contributed by atoms with van der Waals surface area (Å²) in [6.45, 7) is 14.1. The number of anilines is 1. The van der Waals surface area contributed by atoms with Gasteiger partial charge in [0.1, 0.15) is 11.7 Å². The molecule has 0 saturated heterocycles. The zero-order chi connectivity index (χ0) is 16.7. The van der Waals surface area contributed by atoms with E-state index in [1.165, 1.54) is 11.1 Å². The van der Waals surface area contributed by atoms with Gasteiger partial charge in [-0.05, 0) is 57.4 Å². The van der Waals surface area contributed by atoms with E-state index < -0.39 is 0 Å². The number of nitrogens with two attached hydrogens (primary N) is 1. The number of amidine groups is 1. The van der Waals surface area contributed by atoms with Gasteiger partial charge in [0.2, 0.25) is 0 Å². The van der Waals surface area contributed by atoms with Crippen LogP contribution in [-0.4, -0.2) is 5.84 Å². The van der Waals surface area contributed by atoms with Crippen molar-refractivity contribution < 1.29 is 0 Å². The first-order valence-electron chi connectivity index (χ1n) is 7.60. The Balaban J connectivity index is 3.39. The Morgan fingerprint density at radius 3 is 2.55 bits per heavy atom. The van der Waals surface area contributed by atoms with Crippen molar-refractivity contribution in [3.8, 4) is 0 Å². The largest absolute Gasteiger partial charge is 0.384 e. The third kappa shape index (κ3) is 4.35. The van der Waals surface area contributed by atoms with Crippen molar-refractivity contribution in [2.45, 2.75) is 41.0 Å². The summed E-state index contributed by atoms with van der Waals surface area (Å²) in [6, 6.07) is 6.32. The van der Waals surface area contributed by atoms with Gasteiger partial charge in [0.15, 0.2) is 0 Å². The molecule has 1 aromatic rings. The topological polar surface area (TPSA) is 41.6 Å². The fourth-order valence-electron chi connectivity index (χ4n) is 2.11. The molecule has 3 nitrogen and oxygen atoms in total. The maximum atomic E-state index is 6.09. The van der Waals surface area contributed by atoms with Gasteiger partial charge in [-0.15, -0.1) is 0 Å². The Labute approximate surface area is 134 Å². The lowest BCUT2D eigenvalue weighted by Gasteiger charge is -2.22. The van der Waals surface area contributed by atoms with E-state index in [1.807, 2.05) is 30.9 Å². The van der Waals surface area contributed by atoms with E-state index in [1.54, 1.807) is 6.20 Å². The number of nitrogens with zero attached hydrogens (tertiary/aromatic N) is 2. The molecule has 3 heteroatoms. The van der Waals surface area contributed by atoms with Gasteiger partial charge in [0.25, 0.3) is 0 Å². The zero-order valence-electron chi connectivity index (χ0n) is 14.4. The minimum Gasteiger partial charge on any atom is -0.384 e.